The summed E-state index contributed by atoms with van der Waals surface area (Å²) in [6.07, 6.45) is 3.23. The Balaban J connectivity index is 2.40. The van der Waals surface area contributed by atoms with Crippen LogP contribution >= 0.6 is 0 Å². The third-order valence-electron chi connectivity index (χ3n) is 5.11. The Bertz CT molecular complexity index is 932. The number of ketones is 2. The summed E-state index contributed by atoms with van der Waals surface area (Å²) in [5.41, 5.74) is 1.18. The number of rotatable bonds is 2. The molecule has 1 aromatic carbocycles. The van der Waals surface area contributed by atoms with E-state index in [1.165, 1.54) is 13.2 Å². The van der Waals surface area contributed by atoms with Gasteiger partial charge in [0.2, 0.25) is 5.78 Å². The first kappa shape index (κ1) is 17.9. The summed E-state index contributed by atoms with van der Waals surface area (Å²) >= 11 is 0. The number of phenols is 1. The van der Waals surface area contributed by atoms with Gasteiger partial charge in [-0.1, -0.05) is 38.9 Å². The summed E-state index contributed by atoms with van der Waals surface area (Å²) in [4.78, 5) is 26.2. The van der Waals surface area contributed by atoms with Crippen LogP contribution in [0.4, 0.5) is 0 Å². The molecule has 2 N–H and O–H groups in total. The average Bonchev–Trinajstić information content (AvgIpc) is 2.57. The fraction of sp³-hybridized carbons (Fsp3) is 0.350. The molecule has 0 fully saturated rings. The van der Waals surface area contributed by atoms with Crippen molar-refractivity contribution in [2.24, 2.45) is 11.1 Å². The number of nitrogens with zero attached hydrogens (tertiary/aromatic N) is 1. The molecule has 0 unspecified atom stereocenters. The van der Waals surface area contributed by atoms with Crippen LogP contribution in [0.2, 0.25) is 0 Å². The number of Topliss-reactive ketones (excluding diaryl/α,β-unsaturated/α-hetero) is 2. The lowest BCUT2D eigenvalue weighted by Crippen LogP contribution is -2.34. The van der Waals surface area contributed by atoms with Crippen molar-refractivity contribution in [2.75, 3.05) is 7.11 Å². The topological polar surface area (TPSA) is 96.2 Å². The van der Waals surface area contributed by atoms with E-state index in [0.29, 0.717) is 16.8 Å². The number of allylic oxidation sites excluding steroid dienone is 3. The van der Waals surface area contributed by atoms with Crippen LogP contribution in [0.15, 0.2) is 28.6 Å². The van der Waals surface area contributed by atoms with E-state index in [4.69, 9.17) is 4.74 Å². The van der Waals surface area contributed by atoms with Gasteiger partial charge in [-0.05, 0) is 29.2 Å². The van der Waals surface area contributed by atoms with E-state index in [2.05, 4.69) is 5.16 Å². The number of hydrogen-bond donors (Lipinski definition) is 2. The second-order valence-electron chi connectivity index (χ2n) is 7.31. The van der Waals surface area contributed by atoms with E-state index in [9.17, 15) is 19.9 Å². The van der Waals surface area contributed by atoms with E-state index in [0.717, 1.165) is 0 Å². The summed E-state index contributed by atoms with van der Waals surface area (Å²) in [7, 11) is 1.36. The molecule has 0 aromatic heterocycles. The van der Waals surface area contributed by atoms with Crippen LogP contribution in [0, 0.1) is 5.92 Å². The van der Waals surface area contributed by atoms with Crippen LogP contribution in [0.3, 0.4) is 0 Å². The van der Waals surface area contributed by atoms with Crippen molar-refractivity contribution >= 4 is 23.4 Å². The highest BCUT2D eigenvalue weighted by Gasteiger charge is 2.42. The number of ether oxygens (including phenoxy) is 1. The minimum absolute atomic E-state index is 0.00286. The van der Waals surface area contributed by atoms with E-state index in [1.807, 2.05) is 13.8 Å². The highest BCUT2D eigenvalue weighted by molar-refractivity contribution is 6.29. The van der Waals surface area contributed by atoms with Gasteiger partial charge in [0.15, 0.2) is 11.5 Å². The Hall–Kier alpha value is -2.89. The van der Waals surface area contributed by atoms with Gasteiger partial charge in [0, 0.05) is 16.6 Å². The van der Waals surface area contributed by atoms with Gasteiger partial charge in [-0.2, -0.15) is 0 Å². The number of methoxy groups -OCH3 is 1. The van der Waals surface area contributed by atoms with Crippen LogP contribution < -0.4 is 0 Å². The van der Waals surface area contributed by atoms with Crippen LogP contribution in [0.1, 0.15) is 59.5 Å². The van der Waals surface area contributed by atoms with Crippen molar-refractivity contribution in [3.8, 4) is 5.75 Å². The second kappa shape index (κ2) is 5.83. The Kier molecular flexibility index (Phi) is 4.02. The molecular formula is C20H21NO5. The molecular weight excluding hydrogens is 334 g/mol. The fourth-order valence-electron chi connectivity index (χ4n) is 3.71. The van der Waals surface area contributed by atoms with Crippen LogP contribution in [0.25, 0.3) is 6.08 Å². The highest BCUT2D eigenvalue weighted by atomic mass is 16.5. The van der Waals surface area contributed by atoms with Gasteiger partial charge >= 0.3 is 0 Å². The Morgan fingerprint density at radius 1 is 1.12 bits per heavy atom. The van der Waals surface area contributed by atoms with Gasteiger partial charge in [-0.3, -0.25) is 9.59 Å². The number of phenolic OH excluding ortho intramolecular Hbond substituents is 1. The van der Waals surface area contributed by atoms with E-state index < -0.39 is 17.0 Å². The second-order valence-corrected chi connectivity index (χ2v) is 7.31. The average molecular weight is 355 g/mol. The molecule has 0 atom stereocenters. The first-order valence-electron chi connectivity index (χ1n) is 8.35. The summed E-state index contributed by atoms with van der Waals surface area (Å²) < 4.78 is 5.27. The van der Waals surface area contributed by atoms with Crippen molar-refractivity contribution in [3.63, 3.8) is 0 Å². The SMILES string of the molecule is COC1=C(C(C)C)C(=O)c2c(O)cc3c(c2C1=O)C=C/C(=N\O)C3(C)C. The lowest BCUT2D eigenvalue weighted by molar-refractivity contribution is 0.0895. The van der Waals surface area contributed by atoms with Crippen molar-refractivity contribution in [1.29, 1.82) is 0 Å². The number of carbonyl (C=O) groups is 2. The van der Waals surface area contributed by atoms with Crippen LogP contribution in [-0.2, 0) is 10.2 Å². The van der Waals surface area contributed by atoms with Gasteiger partial charge in [0.25, 0.3) is 0 Å². The molecule has 0 saturated carbocycles. The minimum Gasteiger partial charge on any atom is -0.507 e. The predicted octanol–water partition coefficient (Wildman–Crippen LogP) is 3.46. The zero-order valence-electron chi connectivity index (χ0n) is 15.4. The first-order valence-corrected chi connectivity index (χ1v) is 8.35. The number of hydrogen-bond acceptors (Lipinski definition) is 6. The number of benzene rings is 1. The molecule has 3 rings (SSSR count). The van der Waals surface area contributed by atoms with Gasteiger partial charge in [0.1, 0.15) is 5.75 Å². The predicted molar refractivity (Wildman–Crippen MR) is 96.9 cm³/mol. The summed E-state index contributed by atoms with van der Waals surface area (Å²) in [5.74, 6) is -1.31. The monoisotopic (exact) mass is 355 g/mol. The molecule has 0 bridgehead atoms. The first-order chi connectivity index (χ1) is 12.2. The quantitative estimate of drug-likeness (QED) is 0.625. The molecule has 0 radical (unpaired) electrons. The molecule has 2 aliphatic rings. The molecule has 0 spiro atoms. The van der Waals surface area contributed by atoms with Crippen molar-refractivity contribution < 1.29 is 24.6 Å². The molecule has 0 heterocycles. The summed E-state index contributed by atoms with van der Waals surface area (Å²) in [6, 6.07) is 1.48. The summed E-state index contributed by atoms with van der Waals surface area (Å²) in [5, 5.41) is 23.1. The molecule has 0 aliphatic heterocycles. The zero-order chi connectivity index (χ0) is 19.4. The fourth-order valence-corrected chi connectivity index (χ4v) is 3.71. The lowest BCUT2D eigenvalue weighted by atomic mass is 9.70. The maximum Gasteiger partial charge on any atom is 0.229 e. The maximum atomic E-state index is 13.1. The smallest absolute Gasteiger partial charge is 0.229 e. The van der Waals surface area contributed by atoms with E-state index in [-0.39, 0.29) is 34.1 Å². The van der Waals surface area contributed by atoms with Gasteiger partial charge in [-0.15, -0.1) is 0 Å². The zero-order valence-corrected chi connectivity index (χ0v) is 15.4. The standard InChI is InChI=1S/C20H21NO5/c1-9(2)14-17(23)16-12(22)8-11-10(15(16)18(24)19(14)26-5)6-7-13(21-25)20(11,3)4/h6-9,22,25H,1-5H3/b21-13+. The van der Waals surface area contributed by atoms with Gasteiger partial charge < -0.3 is 15.1 Å². The van der Waals surface area contributed by atoms with E-state index >= 15 is 0 Å². The molecule has 1 aromatic rings. The lowest BCUT2D eigenvalue weighted by Gasteiger charge is -2.33. The molecule has 6 heteroatoms. The number of aromatic hydroxyl groups is 1. The molecule has 0 amide bonds. The Labute approximate surface area is 151 Å². The van der Waals surface area contributed by atoms with Crippen molar-refractivity contribution in [1.82, 2.24) is 0 Å². The van der Waals surface area contributed by atoms with E-state index in [1.54, 1.807) is 26.0 Å². The molecule has 0 saturated heterocycles. The van der Waals surface area contributed by atoms with Crippen LogP contribution in [-0.4, -0.2) is 34.7 Å². The highest BCUT2D eigenvalue weighted by Crippen LogP contribution is 2.44. The number of oxime groups is 1. The number of carbonyl (C=O) groups excluding carboxylic acids is 2. The normalized spacial score (nSPS) is 19.8. The van der Waals surface area contributed by atoms with Crippen LogP contribution in [0.5, 0.6) is 5.75 Å². The largest absolute Gasteiger partial charge is 0.507 e. The Morgan fingerprint density at radius 3 is 2.31 bits per heavy atom. The van der Waals surface area contributed by atoms with Crippen molar-refractivity contribution in [3.05, 3.63) is 45.7 Å². The Morgan fingerprint density at radius 2 is 1.77 bits per heavy atom. The third-order valence-corrected chi connectivity index (χ3v) is 5.11. The third kappa shape index (κ3) is 2.21. The molecule has 2 aliphatic carbocycles. The van der Waals surface area contributed by atoms with Gasteiger partial charge in [0.05, 0.1) is 18.4 Å². The minimum atomic E-state index is -0.746. The molecule has 6 nitrogen and oxygen atoms in total. The maximum absolute atomic E-state index is 13.1. The molecule has 26 heavy (non-hydrogen) atoms. The molecule has 136 valence electrons. The number of fused-ring (bicyclic) bond motifs is 3. The van der Waals surface area contributed by atoms with Crippen molar-refractivity contribution in [2.45, 2.75) is 33.1 Å². The van der Waals surface area contributed by atoms with Gasteiger partial charge in [-0.25, -0.2) is 0 Å². The summed E-state index contributed by atoms with van der Waals surface area (Å²) in [6.45, 7) is 7.23.